The second-order valence-corrected chi connectivity index (χ2v) is 8.68. The Morgan fingerprint density at radius 1 is 1.13 bits per heavy atom. The standard InChI is InChI=1S/C24H28N4O2/c1-24(2,15-26)16-28(23(30)20-7-3-17(13-25)4-8-20)14-18-5-11-21(12-6-18)27-22(29)19-9-10-19/h3-8,11-12,19H,9-10,14-16,26H2,1-2H3,(H,27,29). The number of hydrogen-bond donors (Lipinski definition) is 2. The largest absolute Gasteiger partial charge is 0.334 e. The van der Waals surface area contributed by atoms with Crippen molar-refractivity contribution >= 4 is 17.5 Å². The average molecular weight is 405 g/mol. The van der Waals surface area contributed by atoms with E-state index >= 15 is 0 Å². The molecule has 1 aliphatic rings. The molecule has 0 saturated heterocycles. The summed E-state index contributed by atoms with van der Waals surface area (Å²) in [5.41, 5.74) is 8.46. The van der Waals surface area contributed by atoms with Gasteiger partial charge < -0.3 is 16.0 Å². The van der Waals surface area contributed by atoms with Gasteiger partial charge in [-0.1, -0.05) is 26.0 Å². The minimum absolute atomic E-state index is 0.0741. The summed E-state index contributed by atoms with van der Waals surface area (Å²) in [6.45, 7) is 5.45. The van der Waals surface area contributed by atoms with E-state index in [1.54, 1.807) is 29.2 Å². The molecule has 2 amide bonds. The number of carbonyl (C=O) groups excluding carboxylic acids is 2. The van der Waals surface area contributed by atoms with E-state index in [4.69, 9.17) is 11.0 Å². The number of nitrogens with one attached hydrogen (secondary N) is 1. The van der Waals surface area contributed by atoms with Gasteiger partial charge in [-0.05, 0) is 66.8 Å². The Labute approximate surface area is 177 Å². The summed E-state index contributed by atoms with van der Waals surface area (Å²) < 4.78 is 0. The zero-order chi connectivity index (χ0) is 21.7. The maximum absolute atomic E-state index is 13.2. The molecule has 0 atom stereocenters. The van der Waals surface area contributed by atoms with Crippen LogP contribution in [0.4, 0.5) is 5.69 Å². The summed E-state index contributed by atoms with van der Waals surface area (Å²) in [4.78, 5) is 26.9. The van der Waals surface area contributed by atoms with Crippen LogP contribution in [0.1, 0.15) is 48.2 Å². The van der Waals surface area contributed by atoms with E-state index < -0.39 is 0 Å². The fourth-order valence-corrected chi connectivity index (χ4v) is 3.15. The van der Waals surface area contributed by atoms with Gasteiger partial charge in [0.2, 0.25) is 5.91 Å². The Balaban J connectivity index is 1.75. The van der Waals surface area contributed by atoms with Crippen molar-refractivity contribution < 1.29 is 9.59 Å². The van der Waals surface area contributed by atoms with E-state index in [1.165, 1.54) is 0 Å². The fraction of sp³-hybridized carbons (Fsp3) is 0.375. The van der Waals surface area contributed by atoms with Crippen LogP contribution in [0.25, 0.3) is 0 Å². The summed E-state index contributed by atoms with van der Waals surface area (Å²) >= 11 is 0. The van der Waals surface area contributed by atoms with E-state index in [1.807, 2.05) is 38.1 Å². The van der Waals surface area contributed by atoms with Crippen LogP contribution < -0.4 is 11.1 Å². The highest BCUT2D eigenvalue weighted by Gasteiger charge is 2.29. The molecule has 1 aliphatic carbocycles. The molecule has 3 rings (SSSR count). The molecule has 0 unspecified atom stereocenters. The first-order valence-corrected chi connectivity index (χ1v) is 10.2. The Morgan fingerprint density at radius 2 is 1.77 bits per heavy atom. The molecular weight excluding hydrogens is 376 g/mol. The molecule has 156 valence electrons. The molecule has 2 aromatic rings. The molecule has 1 fully saturated rings. The molecular formula is C24H28N4O2. The van der Waals surface area contributed by atoms with Gasteiger partial charge in [0.1, 0.15) is 0 Å². The van der Waals surface area contributed by atoms with E-state index in [0.717, 1.165) is 24.1 Å². The summed E-state index contributed by atoms with van der Waals surface area (Å²) in [5.74, 6) is 0.126. The van der Waals surface area contributed by atoms with E-state index in [9.17, 15) is 9.59 Å². The van der Waals surface area contributed by atoms with Crippen LogP contribution in [-0.2, 0) is 11.3 Å². The smallest absolute Gasteiger partial charge is 0.254 e. The maximum atomic E-state index is 13.2. The molecule has 3 N–H and O–H groups in total. The summed E-state index contributed by atoms with van der Waals surface area (Å²) in [6.07, 6.45) is 1.93. The Morgan fingerprint density at radius 3 is 2.30 bits per heavy atom. The quantitative estimate of drug-likeness (QED) is 0.703. The number of nitrogens with zero attached hydrogens (tertiary/aromatic N) is 2. The van der Waals surface area contributed by atoms with Gasteiger partial charge in [-0.3, -0.25) is 9.59 Å². The number of amides is 2. The topological polar surface area (TPSA) is 99.2 Å². The van der Waals surface area contributed by atoms with Crippen LogP contribution in [0.2, 0.25) is 0 Å². The van der Waals surface area contributed by atoms with E-state index in [2.05, 4.69) is 11.4 Å². The number of nitrogens with two attached hydrogens (primary N) is 1. The maximum Gasteiger partial charge on any atom is 0.254 e. The van der Waals surface area contributed by atoms with Gasteiger partial charge in [0.05, 0.1) is 11.6 Å². The van der Waals surface area contributed by atoms with Crippen molar-refractivity contribution in [3.63, 3.8) is 0 Å². The highest BCUT2D eigenvalue weighted by molar-refractivity contribution is 5.95. The van der Waals surface area contributed by atoms with Gasteiger partial charge in [-0.25, -0.2) is 0 Å². The van der Waals surface area contributed by atoms with Crippen molar-refractivity contribution in [3.8, 4) is 6.07 Å². The first-order chi connectivity index (χ1) is 14.3. The van der Waals surface area contributed by atoms with Crippen molar-refractivity contribution in [1.82, 2.24) is 4.90 Å². The second kappa shape index (κ2) is 9.10. The molecule has 30 heavy (non-hydrogen) atoms. The number of nitriles is 1. The first kappa shape index (κ1) is 21.5. The minimum atomic E-state index is -0.236. The van der Waals surface area contributed by atoms with Gasteiger partial charge in [-0.2, -0.15) is 5.26 Å². The zero-order valence-electron chi connectivity index (χ0n) is 17.5. The average Bonchev–Trinajstić information content (AvgIpc) is 3.59. The number of rotatable bonds is 8. The summed E-state index contributed by atoms with van der Waals surface area (Å²) in [5, 5.41) is 11.9. The van der Waals surface area contributed by atoms with Crippen molar-refractivity contribution in [2.45, 2.75) is 33.2 Å². The zero-order valence-corrected chi connectivity index (χ0v) is 17.5. The lowest BCUT2D eigenvalue weighted by Gasteiger charge is -2.32. The van der Waals surface area contributed by atoms with Crippen LogP contribution in [-0.4, -0.2) is 29.8 Å². The van der Waals surface area contributed by atoms with Crippen LogP contribution in [0.3, 0.4) is 0 Å². The number of carbonyl (C=O) groups is 2. The van der Waals surface area contributed by atoms with Crippen molar-refractivity contribution in [3.05, 3.63) is 65.2 Å². The first-order valence-electron chi connectivity index (χ1n) is 10.2. The van der Waals surface area contributed by atoms with Gasteiger partial charge in [-0.15, -0.1) is 0 Å². The predicted molar refractivity (Wildman–Crippen MR) is 117 cm³/mol. The number of anilines is 1. The Bertz CT molecular complexity index is 939. The molecule has 0 heterocycles. The predicted octanol–water partition coefficient (Wildman–Crippen LogP) is 3.53. The van der Waals surface area contributed by atoms with Gasteiger partial charge in [0, 0.05) is 30.3 Å². The van der Waals surface area contributed by atoms with E-state index in [-0.39, 0.29) is 23.1 Å². The minimum Gasteiger partial charge on any atom is -0.334 e. The molecule has 0 bridgehead atoms. The molecule has 0 aliphatic heterocycles. The number of benzene rings is 2. The second-order valence-electron chi connectivity index (χ2n) is 8.68. The van der Waals surface area contributed by atoms with Crippen LogP contribution >= 0.6 is 0 Å². The third-order valence-corrected chi connectivity index (χ3v) is 5.26. The monoisotopic (exact) mass is 404 g/mol. The fourth-order valence-electron chi connectivity index (χ4n) is 3.15. The molecule has 1 saturated carbocycles. The molecule has 6 heteroatoms. The van der Waals surface area contributed by atoms with Crippen molar-refractivity contribution in [2.75, 3.05) is 18.4 Å². The SMILES string of the molecule is CC(C)(CN)CN(Cc1ccc(NC(=O)C2CC2)cc1)C(=O)c1ccc(C#N)cc1. The van der Waals surface area contributed by atoms with Crippen molar-refractivity contribution in [2.24, 2.45) is 17.1 Å². The lowest BCUT2D eigenvalue weighted by molar-refractivity contribution is -0.117. The van der Waals surface area contributed by atoms with Crippen molar-refractivity contribution in [1.29, 1.82) is 5.26 Å². The van der Waals surface area contributed by atoms with Crippen LogP contribution in [0.15, 0.2) is 48.5 Å². The normalized spacial score (nSPS) is 13.4. The molecule has 6 nitrogen and oxygen atoms in total. The highest BCUT2D eigenvalue weighted by Crippen LogP contribution is 2.30. The molecule has 0 spiro atoms. The van der Waals surface area contributed by atoms with Gasteiger partial charge in [0.25, 0.3) is 5.91 Å². The number of hydrogen-bond acceptors (Lipinski definition) is 4. The summed E-state index contributed by atoms with van der Waals surface area (Å²) in [6, 6.07) is 16.3. The van der Waals surface area contributed by atoms with Gasteiger partial charge in [0.15, 0.2) is 0 Å². The molecule has 0 aromatic heterocycles. The van der Waals surface area contributed by atoms with E-state index in [0.29, 0.717) is 30.8 Å². The Kier molecular flexibility index (Phi) is 6.53. The third-order valence-electron chi connectivity index (χ3n) is 5.26. The lowest BCUT2D eigenvalue weighted by Crippen LogP contribution is -2.41. The third kappa shape index (κ3) is 5.68. The van der Waals surface area contributed by atoms with Crippen LogP contribution in [0.5, 0.6) is 0 Å². The Hall–Kier alpha value is -3.17. The lowest BCUT2D eigenvalue weighted by atomic mass is 9.92. The molecule has 0 radical (unpaired) electrons. The molecule has 2 aromatic carbocycles. The highest BCUT2D eigenvalue weighted by atomic mass is 16.2. The summed E-state index contributed by atoms with van der Waals surface area (Å²) in [7, 11) is 0. The van der Waals surface area contributed by atoms with Gasteiger partial charge >= 0.3 is 0 Å². The van der Waals surface area contributed by atoms with Crippen LogP contribution in [0, 0.1) is 22.7 Å².